The van der Waals surface area contributed by atoms with Crippen molar-refractivity contribution in [2.24, 2.45) is 5.92 Å². The highest BCUT2D eigenvalue weighted by Gasteiger charge is 2.21. The van der Waals surface area contributed by atoms with Crippen LogP contribution in [0.2, 0.25) is 0 Å². The molecule has 0 aliphatic heterocycles. The standard InChI is InChI=1S/C17H35NO6/c1-6-21-16(22-7-2)8-10-23-15(13-19)12-14(3)17(20)24-11-9-18(4)5/h14-16,19H,6-13H2,1-5H3. The van der Waals surface area contributed by atoms with Crippen molar-refractivity contribution in [3.05, 3.63) is 0 Å². The first kappa shape index (κ1) is 23.3. The molecule has 7 heteroatoms. The van der Waals surface area contributed by atoms with Gasteiger partial charge in [-0.1, -0.05) is 6.92 Å². The van der Waals surface area contributed by atoms with Crippen LogP contribution in [-0.4, -0.2) is 82.0 Å². The highest BCUT2D eigenvalue weighted by Crippen LogP contribution is 2.12. The number of hydrogen-bond acceptors (Lipinski definition) is 7. The molecular weight excluding hydrogens is 314 g/mol. The minimum atomic E-state index is -0.398. The number of rotatable bonds is 15. The van der Waals surface area contributed by atoms with E-state index >= 15 is 0 Å². The molecule has 0 aromatic rings. The van der Waals surface area contributed by atoms with Gasteiger partial charge in [-0.3, -0.25) is 4.79 Å². The predicted octanol–water partition coefficient (Wildman–Crippen LogP) is 1.28. The van der Waals surface area contributed by atoms with Crippen LogP contribution >= 0.6 is 0 Å². The van der Waals surface area contributed by atoms with Gasteiger partial charge in [0.15, 0.2) is 6.29 Å². The first-order valence-electron chi connectivity index (χ1n) is 8.71. The lowest BCUT2D eigenvalue weighted by atomic mass is 10.0. The Hall–Kier alpha value is -0.730. The number of aliphatic hydroxyl groups is 1. The lowest BCUT2D eigenvalue weighted by molar-refractivity contribution is -0.155. The number of ether oxygens (including phenoxy) is 4. The van der Waals surface area contributed by atoms with Gasteiger partial charge in [0.25, 0.3) is 0 Å². The van der Waals surface area contributed by atoms with E-state index in [0.29, 0.717) is 45.8 Å². The fraction of sp³-hybridized carbons (Fsp3) is 0.941. The van der Waals surface area contributed by atoms with Crippen molar-refractivity contribution in [3.63, 3.8) is 0 Å². The zero-order valence-corrected chi connectivity index (χ0v) is 15.8. The number of likely N-dealkylation sites (N-methyl/N-ethyl adjacent to an activating group) is 1. The Bertz CT molecular complexity index is 307. The van der Waals surface area contributed by atoms with Crippen molar-refractivity contribution in [1.29, 1.82) is 0 Å². The molecule has 0 aliphatic rings. The number of aliphatic hydroxyl groups excluding tert-OH is 1. The SMILES string of the molecule is CCOC(CCOC(CO)CC(C)C(=O)OCCN(C)C)OCC. The summed E-state index contributed by atoms with van der Waals surface area (Å²) in [6.07, 6.45) is 0.309. The Labute approximate surface area is 146 Å². The minimum absolute atomic E-state index is 0.136. The van der Waals surface area contributed by atoms with E-state index in [0.717, 1.165) is 0 Å². The summed E-state index contributed by atoms with van der Waals surface area (Å²) in [4.78, 5) is 13.9. The van der Waals surface area contributed by atoms with E-state index in [2.05, 4.69) is 0 Å². The second-order valence-corrected chi connectivity index (χ2v) is 5.91. The van der Waals surface area contributed by atoms with Crippen LogP contribution in [0.5, 0.6) is 0 Å². The van der Waals surface area contributed by atoms with Crippen molar-refractivity contribution in [1.82, 2.24) is 4.90 Å². The Morgan fingerprint density at radius 1 is 1.08 bits per heavy atom. The predicted molar refractivity (Wildman–Crippen MR) is 91.8 cm³/mol. The molecule has 0 rings (SSSR count). The molecule has 0 spiro atoms. The maximum Gasteiger partial charge on any atom is 0.308 e. The van der Waals surface area contributed by atoms with Crippen LogP contribution in [-0.2, 0) is 23.7 Å². The first-order chi connectivity index (χ1) is 11.4. The first-order valence-corrected chi connectivity index (χ1v) is 8.71. The summed E-state index contributed by atoms with van der Waals surface area (Å²) in [5.41, 5.74) is 0. The smallest absolute Gasteiger partial charge is 0.308 e. The van der Waals surface area contributed by atoms with Crippen LogP contribution < -0.4 is 0 Å². The van der Waals surface area contributed by atoms with E-state index in [1.165, 1.54) is 0 Å². The molecule has 0 aromatic heterocycles. The summed E-state index contributed by atoms with van der Waals surface area (Å²) < 4.78 is 21.7. The van der Waals surface area contributed by atoms with E-state index in [1.54, 1.807) is 6.92 Å². The van der Waals surface area contributed by atoms with Crippen molar-refractivity contribution < 1.29 is 28.8 Å². The Morgan fingerprint density at radius 2 is 1.71 bits per heavy atom. The van der Waals surface area contributed by atoms with E-state index in [4.69, 9.17) is 18.9 Å². The van der Waals surface area contributed by atoms with Gasteiger partial charge in [-0.25, -0.2) is 0 Å². The molecule has 144 valence electrons. The van der Waals surface area contributed by atoms with Gasteiger partial charge in [0.1, 0.15) is 6.61 Å². The Kier molecular flexibility index (Phi) is 14.2. The molecule has 0 aliphatic carbocycles. The van der Waals surface area contributed by atoms with Crippen LogP contribution in [0.1, 0.15) is 33.6 Å². The van der Waals surface area contributed by atoms with Gasteiger partial charge in [0, 0.05) is 26.2 Å². The van der Waals surface area contributed by atoms with E-state index in [-0.39, 0.29) is 24.8 Å². The van der Waals surface area contributed by atoms with Crippen LogP contribution in [0, 0.1) is 5.92 Å². The van der Waals surface area contributed by atoms with Crippen molar-refractivity contribution >= 4 is 5.97 Å². The quantitative estimate of drug-likeness (QED) is 0.352. The van der Waals surface area contributed by atoms with Crippen molar-refractivity contribution in [2.45, 2.75) is 46.0 Å². The van der Waals surface area contributed by atoms with E-state index < -0.39 is 6.10 Å². The van der Waals surface area contributed by atoms with E-state index in [1.807, 2.05) is 32.8 Å². The fourth-order valence-electron chi connectivity index (χ4n) is 2.07. The Morgan fingerprint density at radius 3 is 2.21 bits per heavy atom. The highest BCUT2D eigenvalue weighted by molar-refractivity contribution is 5.72. The molecule has 1 N–H and O–H groups in total. The van der Waals surface area contributed by atoms with Crippen LogP contribution in [0.25, 0.3) is 0 Å². The maximum atomic E-state index is 11.9. The van der Waals surface area contributed by atoms with Crippen LogP contribution in [0.4, 0.5) is 0 Å². The molecule has 0 amide bonds. The maximum absolute atomic E-state index is 11.9. The fourth-order valence-corrected chi connectivity index (χ4v) is 2.07. The third-order valence-electron chi connectivity index (χ3n) is 3.42. The molecule has 2 unspecified atom stereocenters. The summed E-state index contributed by atoms with van der Waals surface area (Å²) >= 11 is 0. The molecular formula is C17H35NO6. The monoisotopic (exact) mass is 349 g/mol. The van der Waals surface area contributed by atoms with Gasteiger partial charge in [-0.15, -0.1) is 0 Å². The molecule has 7 nitrogen and oxygen atoms in total. The van der Waals surface area contributed by atoms with Gasteiger partial charge in [0.05, 0.1) is 25.2 Å². The molecule has 0 fully saturated rings. The third kappa shape index (κ3) is 11.8. The lowest BCUT2D eigenvalue weighted by Gasteiger charge is -2.21. The molecule has 0 aromatic carbocycles. The summed E-state index contributed by atoms with van der Waals surface area (Å²) in [5.74, 6) is -0.584. The molecule has 2 atom stereocenters. The normalized spacial score (nSPS) is 14.2. The molecule has 0 heterocycles. The molecule has 24 heavy (non-hydrogen) atoms. The van der Waals surface area contributed by atoms with E-state index in [9.17, 15) is 9.90 Å². The summed E-state index contributed by atoms with van der Waals surface area (Å²) in [6, 6.07) is 0. The molecule has 0 saturated carbocycles. The summed E-state index contributed by atoms with van der Waals surface area (Å²) in [7, 11) is 3.84. The topological polar surface area (TPSA) is 77.5 Å². The largest absolute Gasteiger partial charge is 0.464 e. The molecule has 0 saturated heterocycles. The third-order valence-corrected chi connectivity index (χ3v) is 3.42. The second-order valence-electron chi connectivity index (χ2n) is 5.91. The van der Waals surface area contributed by atoms with Gasteiger partial charge in [-0.2, -0.15) is 0 Å². The highest BCUT2D eigenvalue weighted by atomic mass is 16.7. The lowest BCUT2D eigenvalue weighted by Crippen LogP contribution is -2.28. The van der Waals surface area contributed by atoms with Crippen molar-refractivity contribution in [3.8, 4) is 0 Å². The average Bonchev–Trinajstić information content (AvgIpc) is 2.53. The summed E-state index contributed by atoms with van der Waals surface area (Å²) in [5, 5.41) is 9.43. The van der Waals surface area contributed by atoms with Gasteiger partial charge < -0.3 is 29.0 Å². The number of nitrogens with zero attached hydrogens (tertiary/aromatic N) is 1. The Balaban J connectivity index is 4.08. The summed E-state index contributed by atoms with van der Waals surface area (Å²) in [6.45, 7) is 8.07. The molecule has 0 bridgehead atoms. The van der Waals surface area contributed by atoms with Crippen molar-refractivity contribution in [2.75, 3.05) is 53.7 Å². The van der Waals surface area contributed by atoms with Crippen LogP contribution in [0.15, 0.2) is 0 Å². The van der Waals surface area contributed by atoms with Gasteiger partial charge in [0.2, 0.25) is 0 Å². The number of hydrogen-bond donors (Lipinski definition) is 1. The minimum Gasteiger partial charge on any atom is -0.464 e. The van der Waals surface area contributed by atoms with Gasteiger partial charge in [-0.05, 0) is 34.4 Å². The molecule has 0 radical (unpaired) electrons. The van der Waals surface area contributed by atoms with Crippen LogP contribution in [0.3, 0.4) is 0 Å². The number of esters is 1. The zero-order chi connectivity index (χ0) is 18.4. The van der Waals surface area contributed by atoms with Gasteiger partial charge >= 0.3 is 5.97 Å². The number of carbonyl (C=O) groups excluding carboxylic acids is 1. The number of carbonyl (C=O) groups is 1. The average molecular weight is 349 g/mol. The zero-order valence-electron chi connectivity index (χ0n) is 15.8. The second kappa shape index (κ2) is 14.6.